The Morgan fingerprint density at radius 3 is 2.49 bits per heavy atom. The van der Waals surface area contributed by atoms with Crippen molar-refractivity contribution >= 4 is 39.9 Å². The van der Waals surface area contributed by atoms with Gasteiger partial charge >= 0.3 is 0 Å². The Bertz CT molecular complexity index is 1410. The minimum atomic E-state index is -0.827. The number of carbonyl (C=O) groups is 2. The fourth-order valence-electron chi connectivity index (χ4n) is 4.75. The van der Waals surface area contributed by atoms with Gasteiger partial charge in [0.1, 0.15) is 18.1 Å². The van der Waals surface area contributed by atoms with Crippen molar-refractivity contribution in [3.63, 3.8) is 0 Å². The number of rotatable bonds is 8. The normalized spacial score (nSPS) is 14.8. The average molecular weight is 547 g/mol. The zero-order chi connectivity index (χ0) is 27.4. The maximum absolute atomic E-state index is 14.0. The van der Waals surface area contributed by atoms with Crippen LogP contribution in [0.1, 0.15) is 37.3 Å². The highest BCUT2D eigenvalue weighted by molar-refractivity contribution is 7.09. The number of nitrogens with zero attached hydrogens (tertiary/aromatic N) is 5. The molecule has 2 amide bonds. The molecular formula is C29H34N6O3S. The van der Waals surface area contributed by atoms with E-state index in [1.54, 1.807) is 20.9 Å². The summed E-state index contributed by atoms with van der Waals surface area (Å²) in [6.07, 6.45) is 0. The number of benzene rings is 2. The molecule has 0 spiro atoms. The van der Waals surface area contributed by atoms with E-state index in [1.165, 1.54) is 0 Å². The summed E-state index contributed by atoms with van der Waals surface area (Å²) in [6.45, 7) is 9.12. The van der Waals surface area contributed by atoms with Gasteiger partial charge < -0.3 is 19.9 Å². The Balaban J connectivity index is 1.50. The predicted octanol–water partition coefficient (Wildman–Crippen LogP) is 4.01. The Morgan fingerprint density at radius 2 is 1.79 bits per heavy atom. The van der Waals surface area contributed by atoms with E-state index in [4.69, 9.17) is 4.74 Å². The molecule has 0 aliphatic carbocycles. The summed E-state index contributed by atoms with van der Waals surface area (Å²) in [5.74, 6) is -0.444. The summed E-state index contributed by atoms with van der Waals surface area (Å²) in [5, 5.41) is 13.5. The van der Waals surface area contributed by atoms with Crippen molar-refractivity contribution in [2.75, 3.05) is 31.2 Å². The first-order chi connectivity index (χ1) is 18.8. The minimum Gasteiger partial charge on any atom is -0.378 e. The maximum atomic E-state index is 14.0. The number of aromatic nitrogens is 3. The highest BCUT2D eigenvalue weighted by atomic mass is 32.1. The monoisotopic (exact) mass is 546 g/mol. The molecule has 1 aliphatic heterocycles. The lowest BCUT2D eigenvalue weighted by molar-refractivity contribution is -0.142. The topological polar surface area (TPSA) is 92.6 Å². The van der Waals surface area contributed by atoms with Gasteiger partial charge in [0.05, 0.1) is 25.3 Å². The molecule has 39 heavy (non-hydrogen) atoms. The number of morpholine rings is 1. The second kappa shape index (κ2) is 11.5. The van der Waals surface area contributed by atoms with Crippen LogP contribution in [0.5, 0.6) is 0 Å². The van der Waals surface area contributed by atoms with Gasteiger partial charge in [0.15, 0.2) is 0 Å². The van der Waals surface area contributed by atoms with Crippen LogP contribution < -0.4 is 10.2 Å². The number of ether oxygens (including phenoxy) is 1. The van der Waals surface area contributed by atoms with E-state index in [-0.39, 0.29) is 18.4 Å². The molecule has 0 unspecified atom stereocenters. The van der Waals surface area contributed by atoms with Gasteiger partial charge in [-0.25, -0.2) is 4.68 Å². The zero-order valence-electron chi connectivity index (χ0n) is 22.5. The third-order valence-corrected chi connectivity index (χ3v) is 7.44. The molecule has 1 fully saturated rings. The Hall–Kier alpha value is -3.76. The summed E-state index contributed by atoms with van der Waals surface area (Å²) in [5.41, 5.74) is 2.84. The van der Waals surface area contributed by atoms with Gasteiger partial charge in [-0.15, -0.1) is 16.4 Å². The number of amides is 2. The number of carbonyl (C=O) groups excluding carboxylic acids is 2. The second-order valence-corrected chi connectivity index (χ2v) is 11.7. The van der Waals surface area contributed by atoms with Crippen molar-refractivity contribution in [3.05, 3.63) is 76.5 Å². The lowest BCUT2D eigenvalue weighted by atomic mass is 10.0. The summed E-state index contributed by atoms with van der Waals surface area (Å²) < 4.78 is 7.09. The first kappa shape index (κ1) is 26.8. The molecule has 10 heteroatoms. The molecule has 2 aromatic carbocycles. The van der Waals surface area contributed by atoms with Crippen LogP contribution in [0.25, 0.3) is 11.0 Å². The van der Waals surface area contributed by atoms with Crippen LogP contribution in [0.3, 0.4) is 0 Å². The van der Waals surface area contributed by atoms with Gasteiger partial charge in [-0.2, -0.15) is 0 Å². The molecule has 0 saturated carbocycles. The molecule has 0 bridgehead atoms. The van der Waals surface area contributed by atoms with Crippen LogP contribution in [-0.4, -0.2) is 63.6 Å². The Labute approximate surface area is 232 Å². The molecule has 204 valence electrons. The minimum absolute atomic E-state index is 0.0307. The molecule has 3 heterocycles. The molecular weight excluding hydrogens is 512 g/mol. The van der Waals surface area contributed by atoms with Crippen molar-refractivity contribution in [2.45, 2.75) is 45.4 Å². The van der Waals surface area contributed by atoms with Gasteiger partial charge in [-0.3, -0.25) is 9.59 Å². The first-order valence-electron chi connectivity index (χ1n) is 13.1. The molecule has 4 aromatic rings. The third-order valence-electron chi connectivity index (χ3n) is 6.58. The van der Waals surface area contributed by atoms with E-state index >= 15 is 0 Å². The summed E-state index contributed by atoms with van der Waals surface area (Å²) in [7, 11) is 0. The third kappa shape index (κ3) is 6.46. The first-order valence-corrected chi connectivity index (χ1v) is 14.0. The molecule has 2 aromatic heterocycles. The smallest absolute Gasteiger partial charge is 0.247 e. The lowest BCUT2D eigenvalue weighted by Gasteiger charge is -2.34. The molecule has 9 nitrogen and oxygen atoms in total. The van der Waals surface area contributed by atoms with Crippen LogP contribution in [0, 0.1) is 0 Å². The van der Waals surface area contributed by atoms with E-state index < -0.39 is 11.6 Å². The van der Waals surface area contributed by atoms with Crippen molar-refractivity contribution in [1.29, 1.82) is 0 Å². The van der Waals surface area contributed by atoms with Gasteiger partial charge in [0.25, 0.3) is 0 Å². The summed E-state index contributed by atoms with van der Waals surface area (Å²) in [6, 6.07) is 18.6. The van der Waals surface area contributed by atoms with Crippen LogP contribution in [0.4, 0.5) is 5.69 Å². The van der Waals surface area contributed by atoms with Crippen molar-refractivity contribution < 1.29 is 14.3 Å². The Morgan fingerprint density at radius 1 is 1.05 bits per heavy atom. The van der Waals surface area contributed by atoms with Gasteiger partial charge in [0.2, 0.25) is 11.8 Å². The molecule has 1 saturated heterocycles. The predicted molar refractivity (Wildman–Crippen MR) is 153 cm³/mol. The number of fused-ring (bicyclic) bond motifs is 1. The standard InChI is InChI=1S/C29H34N6O3S/c1-29(2,3)30-28(37)27(21-10-12-22(13-11-21)33-14-16-38-17-15-33)34(19-23-7-6-18-39-23)26(36)20-35-25-9-5-4-8-24(25)31-32-35/h4-13,18,27H,14-17,19-20H2,1-3H3,(H,30,37)/t27-/m1/s1. The van der Waals surface area contributed by atoms with E-state index in [2.05, 4.69) is 20.5 Å². The SMILES string of the molecule is CC(C)(C)NC(=O)[C@@H](c1ccc(N2CCOCC2)cc1)N(Cc1cccs1)C(=O)Cn1nnc2ccccc21. The fourth-order valence-corrected chi connectivity index (χ4v) is 5.45. The van der Waals surface area contributed by atoms with Gasteiger partial charge in [-0.1, -0.05) is 35.5 Å². The van der Waals surface area contributed by atoms with Crippen LogP contribution >= 0.6 is 11.3 Å². The molecule has 5 rings (SSSR count). The quantitative estimate of drug-likeness (QED) is 0.359. The molecule has 1 N–H and O–H groups in total. The highest BCUT2D eigenvalue weighted by Gasteiger charge is 2.34. The summed E-state index contributed by atoms with van der Waals surface area (Å²) >= 11 is 1.56. The summed E-state index contributed by atoms with van der Waals surface area (Å²) in [4.78, 5) is 32.8. The largest absolute Gasteiger partial charge is 0.378 e. The number of thiophene rings is 1. The number of para-hydroxylation sites is 1. The van der Waals surface area contributed by atoms with E-state index in [1.807, 2.05) is 86.8 Å². The molecule has 1 atom stereocenters. The molecule has 1 aliphatic rings. The highest BCUT2D eigenvalue weighted by Crippen LogP contribution is 2.29. The average Bonchev–Trinajstić information content (AvgIpc) is 3.58. The Kier molecular flexibility index (Phi) is 7.94. The van der Waals surface area contributed by atoms with Crippen molar-refractivity contribution in [3.8, 4) is 0 Å². The van der Waals surface area contributed by atoms with E-state index in [0.29, 0.717) is 19.8 Å². The number of anilines is 1. The van der Waals surface area contributed by atoms with Crippen molar-refractivity contribution in [1.82, 2.24) is 25.2 Å². The number of hydrogen-bond acceptors (Lipinski definition) is 7. The zero-order valence-corrected chi connectivity index (χ0v) is 23.4. The molecule has 0 radical (unpaired) electrons. The van der Waals surface area contributed by atoms with E-state index in [9.17, 15) is 9.59 Å². The van der Waals surface area contributed by atoms with Crippen LogP contribution in [0.2, 0.25) is 0 Å². The number of hydrogen-bond donors (Lipinski definition) is 1. The van der Waals surface area contributed by atoms with Crippen molar-refractivity contribution in [2.24, 2.45) is 0 Å². The van der Waals surface area contributed by atoms with Crippen LogP contribution in [0.15, 0.2) is 66.0 Å². The fraction of sp³-hybridized carbons (Fsp3) is 0.379. The van der Waals surface area contributed by atoms with Gasteiger partial charge in [0, 0.05) is 29.2 Å². The van der Waals surface area contributed by atoms with Gasteiger partial charge in [-0.05, 0) is 62.0 Å². The lowest BCUT2D eigenvalue weighted by Crippen LogP contribution is -2.49. The maximum Gasteiger partial charge on any atom is 0.247 e. The van der Waals surface area contributed by atoms with Crippen LogP contribution in [-0.2, 0) is 27.4 Å². The second-order valence-electron chi connectivity index (χ2n) is 10.7. The van der Waals surface area contributed by atoms with E-state index in [0.717, 1.165) is 40.3 Å². The number of nitrogens with one attached hydrogen (secondary N) is 1.